The van der Waals surface area contributed by atoms with E-state index in [0.717, 1.165) is 36.4 Å². The van der Waals surface area contributed by atoms with Crippen molar-refractivity contribution < 1.29 is 9.90 Å². The van der Waals surface area contributed by atoms with Crippen LogP contribution >= 0.6 is 11.3 Å². The van der Waals surface area contributed by atoms with Gasteiger partial charge in [0, 0.05) is 19.0 Å². The summed E-state index contributed by atoms with van der Waals surface area (Å²) in [5.74, 6) is 0.410. The zero-order chi connectivity index (χ0) is 12.3. The fourth-order valence-electron chi connectivity index (χ4n) is 2.42. The van der Waals surface area contributed by atoms with Gasteiger partial charge in [-0.3, -0.25) is 4.79 Å². The van der Waals surface area contributed by atoms with Gasteiger partial charge in [0.25, 0.3) is 0 Å². The van der Waals surface area contributed by atoms with Gasteiger partial charge in [-0.1, -0.05) is 0 Å². The topological polar surface area (TPSA) is 40.5 Å². The maximum atomic E-state index is 12.4. The number of hydrogen-bond acceptors (Lipinski definition) is 4. The van der Waals surface area contributed by atoms with E-state index in [1.54, 1.807) is 11.3 Å². The minimum atomic E-state index is 0.118. The second kappa shape index (κ2) is 5.76. The average Bonchev–Trinajstić information content (AvgIpc) is 2.75. The third kappa shape index (κ3) is 2.94. The van der Waals surface area contributed by atoms with Crippen LogP contribution in [0.2, 0.25) is 0 Å². The first kappa shape index (κ1) is 12.7. The number of ketones is 1. The van der Waals surface area contributed by atoms with E-state index in [1.165, 1.54) is 0 Å². The Kier molecular flexibility index (Phi) is 4.31. The Morgan fingerprint density at radius 3 is 3.12 bits per heavy atom. The molecule has 2 heterocycles. The molecule has 17 heavy (non-hydrogen) atoms. The van der Waals surface area contributed by atoms with Crippen molar-refractivity contribution in [2.75, 3.05) is 26.2 Å². The summed E-state index contributed by atoms with van der Waals surface area (Å²) in [4.78, 5) is 15.5. The molecule has 3 nitrogen and oxygen atoms in total. The SMILES string of the molecule is Cc1ccsc1C(=O)[C@@H]1CCCN(CCO)C1. The lowest BCUT2D eigenvalue weighted by Crippen LogP contribution is -2.40. The van der Waals surface area contributed by atoms with Crippen molar-refractivity contribution in [2.45, 2.75) is 19.8 Å². The predicted octanol–water partition coefficient (Wildman–Crippen LogP) is 1.94. The summed E-state index contributed by atoms with van der Waals surface area (Å²) in [7, 11) is 0. The summed E-state index contributed by atoms with van der Waals surface area (Å²) in [6, 6.07) is 2.01. The van der Waals surface area contributed by atoms with Crippen molar-refractivity contribution in [2.24, 2.45) is 5.92 Å². The Bertz CT molecular complexity index is 387. The van der Waals surface area contributed by atoms with Crippen LogP contribution in [-0.2, 0) is 0 Å². The van der Waals surface area contributed by atoms with E-state index in [4.69, 9.17) is 5.11 Å². The number of thiophene rings is 1. The molecule has 1 aliphatic heterocycles. The molecule has 0 aromatic carbocycles. The molecule has 1 atom stereocenters. The van der Waals surface area contributed by atoms with Gasteiger partial charge in [-0.2, -0.15) is 0 Å². The van der Waals surface area contributed by atoms with E-state index in [1.807, 2.05) is 18.4 Å². The third-order valence-electron chi connectivity index (χ3n) is 3.38. The Hall–Kier alpha value is -0.710. The van der Waals surface area contributed by atoms with Crippen LogP contribution in [0, 0.1) is 12.8 Å². The van der Waals surface area contributed by atoms with Crippen LogP contribution in [0.5, 0.6) is 0 Å². The zero-order valence-electron chi connectivity index (χ0n) is 10.2. The molecule has 1 fully saturated rings. The fraction of sp³-hybridized carbons (Fsp3) is 0.615. The molecule has 0 bridgehead atoms. The number of carbonyl (C=O) groups excluding carboxylic acids is 1. The molecule has 0 spiro atoms. The highest BCUT2D eigenvalue weighted by Crippen LogP contribution is 2.25. The van der Waals surface area contributed by atoms with Gasteiger partial charge >= 0.3 is 0 Å². The van der Waals surface area contributed by atoms with Gasteiger partial charge in [0.15, 0.2) is 5.78 Å². The number of piperidine rings is 1. The van der Waals surface area contributed by atoms with Crippen molar-refractivity contribution in [3.63, 3.8) is 0 Å². The Morgan fingerprint density at radius 2 is 2.47 bits per heavy atom. The van der Waals surface area contributed by atoms with Crippen molar-refractivity contribution in [1.29, 1.82) is 0 Å². The minimum absolute atomic E-state index is 0.118. The molecule has 2 rings (SSSR count). The molecule has 1 aromatic rings. The van der Waals surface area contributed by atoms with Crippen LogP contribution in [0.25, 0.3) is 0 Å². The quantitative estimate of drug-likeness (QED) is 0.834. The Balaban J connectivity index is 2.02. The smallest absolute Gasteiger partial charge is 0.177 e. The number of aliphatic hydroxyl groups is 1. The summed E-state index contributed by atoms with van der Waals surface area (Å²) in [6.45, 7) is 4.68. The second-order valence-corrected chi connectivity index (χ2v) is 5.58. The molecule has 0 amide bonds. The lowest BCUT2D eigenvalue weighted by Gasteiger charge is -2.31. The Labute approximate surface area is 106 Å². The highest BCUT2D eigenvalue weighted by molar-refractivity contribution is 7.12. The van der Waals surface area contributed by atoms with Crippen LogP contribution in [0.3, 0.4) is 0 Å². The largest absolute Gasteiger partial charge is 0.395 e. The van der Waals surface area contributed by atoms with E-state index >= 15 is 0 Å². The monoisotopic (exact) mass is 253 g/mol. The summed E-state index contributed by atoms with van der Waals surface area (Å²) in [5.41, 5.74) is 1.10. The summed E-state index contributed by atoms with van der Waals surface area (Å²) in [5, 5.41) is 10.9. The molecule has 1 aromatic heterocycles. The van der Waals surface area contributed by atoms with Crippen molar-refractivity contribution in [3.05, 3.63) is 21.9 Å². The molecule has 0 aliphatic carbocycles. The number of aryl methyl sites for hydroxylation is 1. The first-order valence-electron chi connectivity index (χ1n) is 6.14. The van der Waals surface area contributed by atoms with Crippen molar-refractivity contribution in [1.82, 2.24) is 4.90 Å². The molecule has 0 unspecified atom stereocenters. The van der Waals surface area contributed by atoms with E-state index in [2.05, 4.69) is 4.90 Å². The maximum absolute atomic E-state index is 12.4. The van der Waals surface area contributed by atoms with E-state index in [9.17, 15) is 4.79 Å². The Morgan fingerprint density at radius 1 is 1.65 bits per heavy atom. The molecule has 0 radical (unpaired) electrons. The van der Waals surface area contributed by atoms with Crippen LogP contribution in [-0.4, -0.2) is 42.0 Å². The van der Waals surface area contributed by atoms with E-state index in [0.29, 0.717) is 12.3 Å². The van der Waals surface area contributed by atoms with Crippen LogP contribution in [0.4, 0.5) is 0 Å². The van der Waals surface area contributed by atoms with E-state index in [-0.39, 0.29) is 12.5 Å². The minimum Gasteiger partial charge on any atom is -0.395 e. The standard InChI is InChI=1S/C13H19NO2S/c1-10-4-8-17-13(10)12(16)11-3-2-5-14(9-11)6-7-15/h4,8,11,15H,2-3,5-7,9H2,1H3/t11-/m1/s1. The zero-order valence-corrected chi connectivity index (χ0v) is 11.0. The summed E-state index contributed by atoms with van der Waals surface area (Å²) < 4.78 is 0. The van der Waals surface area contributed by atoms with Gasteiger partial charge in [0.05, 0.1) is 11.5 Å². The lowest BCUT2D eigenvalue weighted by molar-refractivity contribution is 0.0797. The molecule has 4 heteroatoms. The highest BCUT2D eigenvalue weighted by atomic mass is 32.1. The van der Waals surface area contributed by atoms with Crippen molar-refractivity contribution in [3.8, 4) is 0 Å². The number of nitrogens with zero attached hydrogens (tertiary/aromatic N) is 1. The van der Waals surface area contributed by atoms with Gasteiger partial charge in [-0.25, -0.2) is 0 Å². The second-order valence-electron chi connectivity index (χ2n) is 4.66. The maximum Gasteiger partial charge on any atom is 0.177 e. The number of carbonyl (C=O) groups is 1. The molecular weight excluding hydrogens is 234 g/mol. The van der Waals surface area contributed by atoms with Gasteiger partial charge in [0.2, 0.25) is 0 Å². The number of β-amino-alcohol motifs (C(OH)–C–C–N with tert-alkyl or cyclic N) is 1. The number of likely N-dealkylation sites (tertiary alicyclic amines) is 1. The number of aliphatic hydroxyl groups excluding tert-OH is 1. The molecular formula is C13H19NO2S. The van der Waals surface area contributed by atoms with Crippen LogP contribution < -0.4 is 0 Å². The molecule has 1 saturated heterocycles. The number of Topliss-reactive ketones (excluding diaryl/α,β-unsaturated/α-hetero) is 1. The van der Waals surface area contributed by atoms with Gasteiger partial charge in [-0.15, -0.1) is 11.3 Å². The first-order chi connectivity index (χ1) is 8.22. The molecule has 1 N–H and O–H groups in total. The lowest BCUT2D eigenvalue weighted by atomic mass is 9.92. The summed E-state index contributed by atoms with van der Waals surface area (Å²) in [6.07, 6.45) is 2.04. The highest BCUT2D eigenvalue weighted by Gasteiger charge is 2.27. The molecule has 0 saturated carbocycles. The van der Waals surface area contributed by atoms with Crippen LogP contribution in [0.1, 0.15) is 28.1 Å². The fourth-order valence-corrected chi connectivity index (χ4v) is 3.37. The number of hydrogen-bond donors (Lipinski definition) is 1. The van der Waals surface area contributed by atoms with Crippen LogP contribution in [0.15, 0.2) is 11.4 Å². The predicted molar refractivity (Wildman–Crippen MR) is 69.6 cm³/mol. The first-order valence-corrected chi connectivity index (χ1v) is 7.02. The average molecular weight is 253 g/mol. The van der Waals surface area contributed by atoms with E-state index < -0.39 is 0 Å². The van der Waals surface area contributed by atoms with Gasteiger partial charge in [-0.05, 0) is 43.3 Å². The third-order valence-corrected chi connectivity index (χ3v) is 4.41. The molecule has 94 valence electrons. The van der Waals surface area contributed by atoms with Crippen molar-refractivity contribution >= 4 is 17.1 Å². The molecule has 1 aliphatic rings. The van der Waals surface area contributed by atoms with Gasteiger partial charge < -0.3 is 10.0 Å². The normalized spacial score (nSPS) is 21.6. The van der Waals surface area contributed by atoms with Gasteiger partial charge in [0.1, 0.15) is 0 Å². The number of rotatable bonds is 4. The summed E-state index contributed by atoms with van der Waals surface area (Å²) >= 11 is 1.55.